The summed E-state index contributed by atoms with van der Waals surface area (Å²) in [7, 11) is 1.59. The molecule has 0 spiro atoms. The molecule has 0 aromatic carbocycles. The molecule has 20 heavy (non-hydrogen) atoms. The van der Waals surface area contributed by atoms with Crippen LogP contribution in [0.1, 0.15) is 20.3 Å². The smallest absolute Gasteiger partial charge is 0.317 e. The standard InChI is InChI=1S/C14H24N2O4/c1-9(2)12-11(5-6-20-12)7-15-14(19)16(4)8-10(3)13(17)18/h10-12H,1,5-8H2,2-4H3,(H,15,19)(H,17,18). The number of rotatable bonds is 6. The average molecular weight is 284 g/mol. The van der Waals surface area contributed by atoms with E-state index in [9.17, 15) is 9.59 Å². The zero-order valence-corrected chi connectivity index (χ0v) is 12.4. The molecule has 6 nitrogen and oxygen atoms in total. The first-order valence-corrected chi connectivity index (χ1v) is 6.81. The molecule has 1 aliphatic heterocycles. The first-order chi connectivity index (χ1) is 9.32. The molecule has 0 radical (unpaired) electrons. The number of ether oxygens (including phenoxy) is 1. The third kappa shape index (κ3) is 4.52. The van der Waals surface area contributed by atoms with Gasteiger partial charge in [-0.2, -0.15) is 0 Å². The Hall–Kier alpha value is -1.56. The lowest BCUT2D eigenvalue weighted by Gasteiger charge is -2.23. The van der Waals surface area contributed by atoms with Crippen molar-refractivity contribution < 1.29 is 19.4 Å². The van der Waals surface area contributed by atoms with E-state index in [0.29, 0.717) is 13.2 Å². The van der Waals surface area contributed by atoms with E-state index in [1.807, 2.05) is 6.92 Å². The van der Waals surface area contributed by atoms with E-state index in [1.165, 1.54) is 4.90 Å². The molecule has 1 saturated heterocycles. The van der Waals surface area contributed by atoms with Gasteiger partial charge in [-0.1, -0.05) is 19.1 Å². The van der Waals surface area contributed by atoms with Gasteiger partial charge in [0.25, 0.3) is 0 Å². The molecule has 3 atom stereocenters. The number of nitrogens with one attached hydrogen (secondary N) is 1. The highest BCUT2D eigenvalue weighted by atomic mass is 16.5. The van der Waals surface area contributed by atoms with Crippen molar-refractivity contribution in [2.75, 3.05) is 26.7 Å². The van der Waals surface area contributed by atoms with Crippen molar-refractivity contribution in [1.29, 1.82) is 0 Å². The zero-order chi connectivity index (χ0) is 15.3. The largest absolute Gasteiger partial charge is 0.481 e. The Kier molecular flexibility index (Phi) is 6.01. The van der Waals surface area contributed by atoms with Gasteiger partial charge in [-0.3, -0.25) is 4.79 Å². The Labute approximate surface area is 119 Å². The molecule has 1 heterocycles. The quantitative estimate of drug-likeness (QED) is 0.721. The minimum atomic E-state index is -0.906. The summed E-state index contributed by atoms with van der Waals surface area (Å²) in [6, 6.07) is -0.259. The van der Waals surface area contributed by atoms with Crippen LogP contribution in [0, 0.1) is 11.8 Å². The van der Waals surface area contributed by atoms with Crippen LogP contribution < -0.4 is 5.32 Å². The Morgan fingerprint density at radius 2 is 2.20 bits per heavy atom. The minimum absolute atomic E-state index is 0.00134. The highest BCUT2D eigenvalue weighted by Gasteiger charge is 2.29. The van der Waals surface area contributed by atoms with Gasteiger partial charge < -0.3 is 20.1 Å². The second-order valence-electron chi connectivity index (χ2n) is 5.49. The SMILES string of the molecule is C=C(C)C1OCCC1CNC(=O)N(C)CC(C)C(=O)O. The Bertz CT molecular complexity index is 383. The predicted molar refractivity (Wildman–Crippen MR) is 75.5 cm³/mol. The van der Waals surface area contributed by atoms with Gasteiger partial charge in [0.05, 0.1) is 12.0 Å². The van der Waals surface area contributed by atoms with E-state index >= 15 is 0 Å². The van der Waals surface area contributed by atoms with Gasteiger partial charge in [0.2, 0.25) is 0 Å². The number of hydrogen-bond acceptors (Lipinski definition) is 3. The summed E-state index contributed by atoms with van der Waals surface area (Å²) in [6.07, 6.45) is 0.895. The van der Waals surface area contributed by atoms with Crippen LogP contribution >= 0.6 is 0 Å². The number of carboxylic acids is 1. The van der Waals surface area contributed by atoms with Crippen LogP contribution in [0.5, 0.6) is 0 Å². The number of nitrogens with zero attached hydrogens (tertiary/aromatic N) is 1. The van der Waals surface area contributed by atoms with Crippen molar-refractivity contribution >= 4 is 12.0 Å². The third-order valence-electron chi connectivity index (χ3n) is 3.53. The summed E-state index contributed by atoms with van der Waals surface area (Å²) in [5.41, 5.74) is 0.967. The maximum absolute atomic E-state index is 11.9. The molecule has 0 saturated carbocycles. The molecule has 1 rings (SSSR count). The normalized spacial score (nSPS) is 23.1. The average Bonchev–Trinajstić information content (AvgIpc) is 2.83. The molecular formula is C14H24N2O4. The minimum Gasteiger partial charge on any atom is -0.481 e. The van der Waals surface area contributed by atoms with Gasteiger partial charge in [0, 0.05) is 32.7 Å². The summed E-state index contributed by atoms with van der Waals surface area (Å²) >= 11 is 0. The maximum Gasteiger partial charge on any atom is 0.317 e. The van der Waals surface area contributed by atoms with Crippen LogP contribution in [-0.4, -0.2) is 54.9 Å². The molecule has 0 aromatic heterocycles. The lowest BCUT2D eigenvalue weighted by molar-refractivity contribution is -0.141. The fourth-order valence-corrected chi connectivity index (χ4v) is 2.31. The van der Waals surface area contributed by atoms with E-state index < -0.39 is 11.9 Å². The zero-order valence-electron chi connectivity index (χ0n) is 12.4. The van der Waals surface area contributed by atoms with Crippen molar-refractivity contribution in [3.8, 4) is 0 Å². The number of carbonyl (C=O) groups is 2. The van der Waals surface area contributed by atoms with Gasteiger partial charge in [-0.25, -0.2) is 4.79 Å². The van der Waals surface area contributed by atoms with Crippen LogP contribution in [0.25, 0.3) is 0 Å². The Morgan fingerprint density at radius 1 is 1.55 bits per heavy atom. The van der Waals surface area contributed by atoms with Gasteiger partial charge in [0.15, 0.2) is 0 Å². The van der Waals surface area contributed by atoms with E-state index in [1.54, 1.807) is 14.0 Å². The van der Waals surface area contributed by atoms with Crippen molar-refractivity contribution in [3.63, 3.8) is 0 Å². The van der Waals surface area contributed by atoms with Crippen LogP contribution in [0.3, 0.4) is 0 Å². The highest BCUT2D eigenvalue weighted by molar-refractivity contribution is 5.75. The van der Waals surface area contributed by atoms with E-state index in [4.69, 9.17) is 9.84 Å². The van der Waals surface area contributed by atoms with Gasteiger partial charge in [-0.15, -0.1) is 0 Å². The molecule has 114 valence electrons. The van der Waals surface area contributed by atoms with Gasteiger partial charge >= 0.3 is 12.0 Å². The van der Waals surface area contributed by atoms with E-state index in [2.05, 4.69) is 11.9 Å². The van der Waals surface area contributed by atoms with Crippen molar-refractivity contribution in [2.24, 2.45) is 11.8 Å². The summed E-state index contributed by atoms with van der Waals surface area (Å²) in [5, 5.41) is 11.7. The first-order valence-electron chi connectivity index (χ1n) is 6.81. The van der Waals surface area contributed by atoms with Crippen LogP contribution in [-0.2, 0) is 9.53 Å². The summed E-state index contributed by atoms with van der Waals surface area (Å²) < 4.78 is 5.57. The predicted octanol–water partition coefficient (Wildman–Crippen LogP) is 1.33. The summed E-state index contributed by atoms with van der Waals surface area (Å²) in [6.45, 7) is 8.78. The number of carbonyl (C=O) groups excluding carboxylic acids is 1. The molecule has 6 heteroatoms. The van der Waals surface area contributed by atoms with Gasteiger partial charge in [-0.05, 0) is 13.3 Å². The number of urea groups is 1. The second-order valence-corrected chi connectivity index (χ2v) is 5.49. The number of hydrogen-bond donors (Lipinski definition) is 2. The summed E-state index contributed by atoms with van der Waals surface area (Å²) in [5.74, 6) is -1.25. The molecule has 1 fully saturated rings. The Morgan fingerprint density at radius 3 is 2.75 bits per heavy atom. The highest BCUT2D eigenvalue weighted by Crippen LogP contribution is 2.25. The monoisotopic (exact) mass is 284 g/mol. The summed E-state index contributed by atoms with van der Waals surface area (Å²) in [4.78, 5) is 24.0. The molecule has 2 amide bonds. The third-order valence-corrected chi connectivity index (χ3v) is 3.53. The fraction of sp³-hybridized carbons (Fsp3) is 0.714. The fourth-order valence-electron chi connectivity index (χ4n) is 2.31. The molecule has 3 unspecified atom stereocenters. The second kappa shape index (κ2) is 7.28. The lowest BCUT2D eigenvalue weighted by atomic mass is 9.97. The first kappa shape index (κ1) is 16.5. The number of amides is 2. The molecule has 0 bridgehead atoms. The maximum atomic E-state index is 11.9. The molecule has 0 aromatic rings. The van der Waals surface area contributed by atoms with Crippen LogP contribution in [0.15, 0.2) is 12.2 Å². The topological polar surface area (TPSA) is 78.9 Å². The molecule has 1 aliphatic rings. The molecule has 2 N–H and O–H groups in total. The van der Waals surface area contributed by atoms with Crippen molar-refractivity contribution in [1.82, 2.24) is 10.2 Å². The number of aliphatic carboxylic acids is 1. The van der Waals surface area contributed by atoms with Crippen molar-refractivity contribution in [2.45, 2.75) is 26.4 Å². The van der Waals surface area contributed by atoms with E-state index in [0.717, 1.165) is 12.0 Å². The van der Waals surface area contributed by atoms with Gasteiger partial charge in [0.1, 0.15) is 0 Å². The van der Waals surface area contributed by atoms with Crippen LogP contribution in [0.4, 0.5) is 4.79 Å². The van der Waals surface area contributed by atoms with Crippen molar-refractivity contribution in [3.05, 3.63) is 12.2 Å². The van der Waals surface area contributed by atoms with Crippen LogP contribution in [0.2, 0.25) is 0 Å². The molecule has 0 aliphatic carbocycles. The Balaban J connectivity index is 2.39. The lowest BCUT2D eigenvalue weighted by Crippen LogP contribution is -2.43. The molecular weight excluding hydrogens is 260 g/mol. The number of carboxylic acid groups (broad SMARTS) is 1. The van der Waals surface area contributed by atoms with E-state index in [-0.39, 0.29) is 24.6 Å².